The van der Waals surface area contributed by atoms with Gasteiger partial charge in [0, 0.05) is 24.1 Å². The molecule has 0 radical (unpaired) electrons. The van der Waals surface area contributed by atoms with E-state index in [1.807, 2.05) is 13.8 Å². The predicted molar refractivity (Wildman–Crippen MR) is 108 cm³/mol. The third-order valence-electron chi connectivity index (χ3n) is 6.72. The predicted octanol–water partition coefficient (Wildman–Crippen LogP) is 2.19. The number of carbonyl (C=O) groups excluding carboxylic acids is 2. The standard InChI is InChI=1S/C21H27ClFN3O4/c1-10-11(2)30-26-20(10)21(28)25-18-8-17(12-5-13(18)6-12)24-19(27)9-29-14-3-4-15(22)16(23)7-14/h3-4,7,10-13,17-18,20,26H,5-6,8-9H2,1-2H3,(H,24,27)(H,25,28)/t10?,11?,12?,13?,17?,18-,20?/m1/s1. The number of rotatable bonds is 6. The lowest BCUT2D eigenvalue weighted by Gasteiger charge is -2.51. The molecular formula is C21H27ClFN3O4. The first kappa shape index (κ1) is 21.3. The maximum Gasteiger partial charge on any atom is 0.258 e. The van der Waals surface area contributed by atoms with Crippen LogP contribution < -0.4 is 20.9 Å². The van der Waals surface area contributed by atoms with Gasteiger partial charge in [0.05, 0.1) is 11.1 Å². The molecule has 1 heterocycles. The Bertz CT molecular complexity index is 819. The van der Waals surface area contributed by atoms with Gasteiger partial charge in [0.15, 0.2) is 6.61 Å². The van der Waals surface area contributed by atoms with E-state index in [0.717, 1.165) is 18.9 Å². The van der Waals surface area contributed by atoms with Crippen LogP contribution in [-0.2, 0) is 14.4 Å². The molecule has 1 saturated heterocycles. The molecule has 4 unspecified atom stereocenters. The Kier molecular flexibility index (Phi) is 6.18. The van der Waals surface area contributed by atoms with Gasteiger partial charge in [-0.2, -0.15) is 5.48 Å². The van der Waals surface area contributed by atoms with Crippen molar-refractivity contribution in [1.82, 2.24) is 16.1 Å². The number of hydrogen-bond donors (Lipinski definition) is 3. The summed E-state index contributed by atoms with van der Waals surface area (Å²) in [6.07, 6.45) is 2.65. The zero-order chi connectivity index (χ0) is 21.4. The molecule has 5 rings (SSSR count). The SMILES string of the molecule is CC1ONC(C(=O)N[C@@H]2CC(NC(=O)COc3ccc(Cl)c(F)c3)C3CC2C3)C1C. The minimum atomic E-state index is -0.591. The highest BCUT2D eigenvalue weighted by molar-refractivity contribution is 6.30. The second-order valence-electron chi connectivity index (χ2n) is 8.66. The average molecular weight is 440 g/mol. The fourth-order valence-electron chi connectivity index (χ4n) is 4.57. The molecule has 2 amide bonds. The maximum atomic E-state index is 13.5. The molecule has 5 atom stereocenters. The lowest BCUT2D eigenvalue weighted by Crippen LogP contribution is -2.61. The Morgan fingerprint density at radius 2 is 1.90 bits per heavy atom. The number of fused-ring (bicyclic) bond motifs is 2. The van der Waals surface area contributed by atoms with Crippen molar-refractivity contribution in [2.24, 2.45) is 17.8 Å². The van der Waals surface area contributed by atoms with Gasteiger partial charge in [-0.25, -0.2) is 4.39 Å². The van der Waals surface area contributed by atoms with Crippen molar-refractivity contribution in [1.29, 1.82) is 0 Å². The van der Waals surface area contributed by atoms with Crippen molar-refractivity contribution < 1.29 is 23.6 Å². The van der Waals surface area contributed by atoms with E-state index in [1.54, 1.807) is 0 Å². The van der Waals surface area contributed by atoms with Crippen LogP contribution in [0.5, 0.6) is 5.75 Å². The Morgan fingerprint density at radius 1 is 1.20 bits per heavy atom. The summed E-state index contributed by atoms with van der Waals surface area (Å²) in [5.74, 6) is 0.306. The van der Waals surface area contributed by atoms with Gasteiger partial charge in [0.2, 0.25) is 5.91 Å². The number of halogens is 2. The lowest BCUT2D eigenvalue weighted by molar-refractivity contribution is -0.128. The molecule has 3 aliphatic carbocycles. The molecule has 4 aliphatic rings. The van der Waals surface area contributed by atoms with E-state index in [4.69, 9.17) is 21.2 Å². The van der Waals surface area contributed by atoms with E-state index in [1.165, 1.54) is 12.1 Å². The average Bonchev–Trinajstić information content (AvgIpc) is 3.00. The Morgan fingerprint density at radius 3 is 2.53 bits per heavy atom. The summed E-state index contributed by atoms with van der Waals surface area (Å²) >= 11 is 5.65. The van der Waals surface area contributed by atoms with E-state index in [2.05, 4.69) is 16.1 Å². The summed E-state index contributed by atoms with van der Waals surface area (Å²) in [5, 5.41) is 6.17. The van der Waals surface area contributed by atoms with Crippen LogP contribution in [0, 0.1) is 23.6 Å². The summed E-state index contributed by atoms with van der Waals surface area (Å²) in [5.41, 5.74) is 2.82. The Hall–Kier alpha value is -1.90. The largest absolute Gasteiger partial charge is 0.484 e. The minimum absolute atomic E-state index is 0.00449. The zero-order valence-electron chi connectivity index (χ0n) is 17.0. The maximum absolute atomic E-state index is 13.5. The Balaban J connectivity index is 1.27. The van der Waals surface area contributed by atoms with Crippen molar-refractivity contribution in [3.8, 4) is 5.75 Å². The second kappa shape index (κ2) is 8.69. The highest BCUT2D eigenvalue weighted by Gasteiger charge is 2.48. The molecular weight excluding hydrogens is 413 g/mol. The summed E-state index contributed by atoms with van der Waals surface area (Å²) in [6, 6.07) is 3.72. The molecule has 3 N–H and O–H groups in total. The quantitative estimate of drug-likeness (QED) is 0.632. The summed E-state index contributed by atoms with van der Waals surface area (Å²) in [6.45, 7) is 3.72. The summed E-state index contributed by atoms with van der Waals surface area (Å²) in [7, 11) is 0. The molecule has 1 aromatic rings. The smallest absolute Gasteiger partial charge is 0.258 e. The van der Waals surface area contributed by atoms with Crippen molar-refractivity contribution in [2.45, 2.75) is 57.3 Å². The van der Waals surface area contributed by atoms with E-state index >= 15 is 0 Å². The van der Waals surface area contributed by atoms with E-state index in [0.29, 0.717) is 18.3 Å². The lowest BCUT2D eigenvalue weighted by atomic mass is 9.60. The van der Waals surface area contributed by atoms with Crippen LogP contribution in [0.3, 0.4) is 0 Å². The minimum Gasteiger partial charge on any atom is -0.484 e. The number of benzene rings is 1. The van der Waals surface area contributed by atoms with Crippen LogP contribution in [0.15, 0.2) is 18.2 Å². The number of hydrogen-bond acceptors (Lipinski definition) is 5. The van der Waals surface area contributed by atoms with E-state index < -0.39 is 5.82 Å². The number of hydroxylamine groups is 1. The van der Waals surface area contributed by atoms with E-state index in [-0.39, 0.29) is 59.3 Å². The van der Waals surface area contributed by atoms with Gasteiger partial charge >= 0.3 is 0 Å². The van der Waals surface area contributed by atoms with Gasteiger partial charge in [-0.05, 0) is 50.2 Å². The number of nitrogens with one attached hydrogen (secondary N) is 3. The zero-order valence-corrected chi connectivity index (χ0v) is 17.7. The molecule has 1 aliphatic heterocycles. The molecule has 0 aromatic heterocycles. The van der Waals surface area contributed by atoms with Crippen LogP contribution in [0.4, 0.5) is 4.39 Å². The monoisotopic (exact) mass is 439 g/mol. The first-order valence-electron chi connectivity index (χ1n) is 10.4. The highest BCUT2D eigenvalue weighted by atomic mass is 35.5. The van der Waals surface area contributed by atoms with Crippen LogP contribution in [0.2, 0.25) is 5.02 Å². The fraction of sp³-hybridized carbons (Fsp3) is 0.619. The first-order valence-corrected chi connectivity index (χ1v) is 10.8. The number of carbonyl (C=O) groups is 2. The molecule has 30 heavy (non-hydrogen) atoms. The molecule has 7 nitrogen and oxygen atoms in total. The van der Waals surface area contributed by atoms with Gasteiger partial charge < -0.3 is 15.4 Å². The third kappa shape index (κ3) is 4.40. The van der Waals surface area contributed by atoms with Crippen molar-refractivity contribution in [3.63, 3.8) is 0 Å². The molecule has 9 heteroatoms. The molecule has 164 valence electrons. The number of ether oxygens (including phenoxy) is 1. The molecule has 4 fully saturated rings. The van der Waals surface area contributed by atoms with Crippen LogP contribution >= 0.6 is 11.6 Å². The molecule has 0 spiro atoms. The van der Waals surface area contributed by atoms with Gasteiger partial charge in [0.25, 0.3) is 5.91 Å². The van der Waals surface area contributed by atoms with E-state index in [9.17, 15) is 14.0 Å². The third-order valence-corrected chi connectivity index (χ3v) is 7.03. The second-order valence-corrected chi connectivity index (χ2v) is 9.07. The van der Waals surface area contributed by atoms with Crippen LogP contribution in [0.25, 0.3) is 0 Å². The summed E-state index contributed by atoms with van der Waals surface area (Å²) < 4.78 is 18.8. The molecule has 2 bridgehead atoms. The van der Waals surface area contributed by atoms with Crippen molar-refractivity contribution in [2.75, 3.05) is 6.61 Å². The molecule has 3 saturated carbocycles. The van der Waals surface area contributed by atoms with Crippen molar-refractivity contribution in [3.05, 3.63) is 29.0 Å². The van der Waals surface area contributed by atoms with Crippen LogP contribution in [0.1, 0.15) is 33.1 Å². The van der Waals surface area contributed by atoms with Gasteiger partial charge in [-0.3, -0.25) is 14.4 Å². The van der Waals surface area contributed by atoms with Crippen LogP contribution in [-0.4, -0.2) is 42.7 Å². The van der Waals surface area contributed by atoms with Crippen molar-refractivity contribution >= 4 is 23.4 Å². The normalized spacial score (nSPS) is 34.7. The molecule has 1 aromatic carbocycles. The Labute approximate surface area is 180 Å². The van der Waals surface area contributed by atoms with Gasteiger partial charge in [-0.1, -0.05) is 18.5 Å². The first-order chi connectivity index (χ1) is 14.3. The van der Waals surface area contributed by atoms with Gasteiger partial charge in [-0.15, -0.1) is 0 Å². The highest BCUT2D eigenvalue weighted by Crippen LogP contribution is 2.45. The van der Waals surface area contributed by atoms with Gasteiger partial charge in [0.1, 0.15) is 17.6 Å². The summed E-state index contributed by atoms with van der Waals surface area (Å²) in [4.78, 5) is 30.4. The number of amides is 2. The fourth-order valence-corrected chi connectivity index (χ4v) is 4.69. The topological polar surface area (TPSA) is 88.7 Å².